The van der Waals surface area contributed by atoms with Crippen LogP contribution in [0, 0.1) is 17.8 Å². The molecule has 2 saturated carbocycles. The van der Waals surface area contributed by atoms with Crippen LogP contribution in [-0.4, -0.2) is 29.6 Å². The molecule has 2 aliphatic rings. The second-order valence-corrected chi connectivity index (χ2v) is 6.97. The number of rotatable bonds is 6. The van der Waals surface area contributed by atoms with Gasteiger partial charge in [-0.2, -0.15) is 0 Å². The minimum atomic E-state index is -0.227. The highest BCUT2D eigenvalue weighted by molar-refractivity contribution is 5.97. The van der Waals surface area contributed by atoms with Crippen LogP contribution in [0.25, 0.3) is 0 Å². The molecule has 1 aromatic carbocycles. The van der Waals surface area contributed by atoms with E-state index in [1.54, 1.807) is 24.3 Å². The normalized spacial score (nSPS) is 26.2. The maximum Gasteiger partial charge on any atom is 0.251 e. The zero-order chi connectivity index (χ0) is 17.1. The van der Waals surface area contributed by atoms with Gasteiger partial charge >= 0.3 is 0 Å². The predicted molar refractivity (Wildman–Crippen MR) is 92.6 cm³/mol. The number of anilines is 1. The Morgan fingerprint density at radius 2 is 1.79 bits per heavy atom. The van der Waals surface area contributed by atoms with Gasteiger partial charge in [-0.05, 0) is 55.4 Å². The largest absolute Gasteiger partial charge is 0.394 e. The monoisotopic (exact) mass is 330 g/mol. The molecule has 2 fully saturated rings. The molecule has 0 heterocycles. The van der Waals surface area contributed by atoms with Gasteiger partial charge in [-0.15, -0.1) is 0 Å². The molecule has 0 radical (unpaired) electrons. The van der Waals surface area contributed by atoms with Crippen LogP contribution in [0.5, 0.6) is 0 Å². The molecule has 130 valence electrons. The Labute approximate surface area is 142 Å². The van der Waals surface area contributed by atoms with E-state index in [1.807, 2.05) is 6.92 Å². The highest BCUT2D eigenvalue weighted by Crippen LogP contribution is 2.55. The summed E-state index contributed by atoms with van der Waals surface area (Å²) >= 11 is 0. The fourth-order valence-electron chi connectivity index (χ4n) is 3.86. The van der Waals surface area contributed by atoms with Gasteiger partial charge in [-0.1, -0.05) is 19.8 Å². The number of fused-ring (bicyclic) bond motifs is 1. The number of nitrogens with one attached hydrogen (secondary N) is 2. The summed E-state index contributed by atoms with van der Waals surface area (Å²) in [4.78, 5) is 24.5. The van der Waals surface area contributed by atoms with Crippen molar-refractivity contribution in [3.63, 3.8) is 0 Å². The quantitative estimate of drug-likeness (QED) is 0.750. The summed E-state index contributed by atoms with van der Waals surface area (Å²) in [5, 5.41) is 14.9. The zero-order valence-electron chi connectivity index (χ0n) is 14.1. The Balaban J connectivity index is 1.55. The van der Waals surface area contributed by atoms with Gasteiger partial charge in [0.1, 0.15) is 0 Å². The number of aliphatic hydroxyl groups excluding tert-OH is 1. The van der Waals surface area contributed by atoms with Crippen molar-refractivity contribution in [3.05, 3.63) is 29.8 Å². The maximum absolute atomic E-state index is 12.4. The lowest BCUT2D eigenvalue weighted by molar-refractivity contribution is -0.117. The van der Waals surface area contributed by atoms with Crippen molar-refractivity contribution in [1.82, 2.24) is 5.32 Å². The second kappa shape index (κ2) is 7.34. The topological polar surface area (TPSA) is 78.4 Å². The summed E-state index contributed by atoms with van der Waals surface area (Å²) in [5.41, 5.74) is 1.26. The Hall–Kier alpha value is -1.88. The summed E-state index contributed by atoms with van der Waals surface area (Å²) in [6.07, 6.45) is 5.55. The molecule has 3 unspecified atom stereocenters. The van der Waals surface area contributed by atoms with Crippen molar-refractivity contribution < 1.29 is 14.7 Å². The molecule has 5 nitrogen and oxygen atoms in total. The third kappa shape index (κ3) is 3.61. The molecule has 1 aromatic rings. The summed E-state index contributed by atoms with van der Waals surface area (Å²) in [6, 6.07) is 6.71. The van der Waals surface area contributed by atoms with Crippen LogP contribution in [-0.2, 0) is 4.79 Å². The van der Waals surface area contributed by atoms with E-state index in [4.69, 9.17) is 5.11 Å². The van der Waals surface area contributed by atoms with Gasteiger partial charge < -0.3 is 15.7 Å². The lowest BCUT2D eigenvalue weighted by Crippen LogP contribution is -2.36. The van der Waals surface area contributed by atoms with Gasteiger partial charge in [0.2, 0.25) is 5.91 Å². The first-order valence-electron chi connectivity index (χ1n) is 8.96. The van der Waals surface area contributed by atoms with Crippen LogP contribution in [0.15, 0.2) is 24.3 Å². The van der Waals surface area contributed by atoms with Gasteiger partial charge in [0, 0.05) is 17.2 Å². The number of carbonyl (C=O) groups excluding carboxylic acids is 2. The highest BCUT2D eigenvalue weighted by Gasteiger charge is 2.54. The maximum atomic E-state index is 12.4. The van der Waals surface area contributed by atoms with E-state index in [-0.39, 0.29) is 30.4 Å². The first-order valence-corrected chi connectivity index (χ1v) is 8.96. The number of benzene rings is 1. The first-order chi connectivity index (χ1) is 11.6. The smallest absolute Gasteiger partial charge is 0.251 e. The molecular formula is C19H26N2O3. The minimum absolute atomic E-state index is 0.0693. The summed E-state index contributed by atoms with van der Waals surface area (Å²) in [7, 11) is 0. The Kier molecular flexibility index (Phi) is 5.19. The fraction of sp³-hybridized carbons (Fsp3) is 0.579. The SMILES string of the molecule is CCC(CO)NC(=O)c1ccc(NC(=O)C2C3CCCCC32)cc1. The summed E-state index contributed by atoms with van der Waals surface area (Å²) < 4.78 is 0. The van der Waals surface area contributed by atoms with E-state index in [2.05, 4.69) is 10.6 Å². The Bertz CT molecular complexity index is 583. The number of carbonyl (C=O) groups is 2. The molecule has 3 atom stereocenters. The molecule has 2 amide bonds. The Morgan fingerprint density at radius 1 is 1.17 bits per heavy atom. The van der Waals surface area contributed by atoms with Crippen LogP contribution >= 0.6 is 0 Å². The van der Waals surface area contributed by atoms with Crippen molar-refractivity contribution in [2.75, 3.05) is 11.9 Å². The molecule has 5 heteroatoms. The summed E-state index contributed by atoms with van der Waals surface area (Å²) in [6.45, 7) is 1.84. The molecule has 0 saturated heterocycles. The van der Waals surface area contributed by atoms with Crippen molar-refractivity contribution in [2.24, 2.45) is 17.8 Å². The third-order valence-electron chi connectivity index (χ3n) is 5.42. The van der Waals surface area contributed by atoms with Crippen LogP contribution in [0.1, 0.15) is 49.4 Å². The average Bonchev–Trinajstić information content (AvgIpc) is 3.34. The third-order valence-corrected chi connectivity index (χ3v) is 5.42. The number of hydrogen-bond donors (Lipinski definition) is 3. The van der Waals surface area contributed by atoms with Crippen molar-refractivity contribution in [3.8, 4) is 0 Å². The van der Waals surface area contributed by atoms with Crippen LogP contribution in [0.2, 0.25) is 0 Å². The molecule has 2 aliphatic carbocycles. The van der Waals surface area contributed by atoms with Crippen molar-refractivity contribution >= 4 is 17.5 Å². The molecule has 0 spiro atoms. The molecule has 0 aromatic heterocycles. The van der Waals surface area contributed by atoms with Gasteiger partial charge in [0.05, 0.1) is 12.6 Å². The molecule has 0 bridgehead atoms. The van der Waals surface area contributed by atoms with Crippen molar-refractivity contribution in [2.45, 2.75) is 45.1 Å². The van der Waals surface area contributed by atoms with Gasteiger partial charge in [-0.3, -0.25) is 9.59 Å². The van der Waals surface area contributed by atoms with Gasteiger partial charge in [-0.25, -0.2) is 0 Å². The average molecular weight is 330 g/mol. The predicted octanol–water partition coefficient (Wildman–Crippen LogP) is 2.56. The zero-order valence-corrected chi connectivity index (χ0v) is 14.1. The standard InChI is InChI=1S/C19H26N2O3/c1-2-13(11-22)20-18(23)12-7-9-14(10-8-12)21-19(24)17-15-5-3-4-6-16(15)17/h7-10,13,15-17,22H,2-6,11H2,1H3,(H,20,23)(H,21,24). The van der Waals surface area contributed by atoms with Gasteiger partial charge in [0.25, 0.3) is 5.91 Å². The van der Waals surface area contributed by atoms with Crippen molar-refractivity contribution in [1.29, 1.82) is 0 Å². The molecular weight excluding hydrogens is 304 g/mol. The molecule has 3 N–H and O–H groups in total. The second-order valence-electron chi connectivity index (χ2n) is 6.97. The highest BCUT2D eigenvalue weighted by atomic mass is 16.3. The van der Waals surface area contributed by atoms with E-state index in [0.29, 0.717) is 23.8 Å². The van der Waals surface area contributed by atoms with Crippen LogP contribution in [0.4, 0.5) is 5.69 Å². The lowest BCUT2D eigenvalue weighted by atomic mass is 10.0. The summed E-state index contributed by atoms with van der Waals surface area (Å²) in [5.74, 6) is 1.28. The Morgan fingerprint density at radius 3 is 2.33 bits per heavy atom. The van der Waals surface area contributed by atoms with E-state index >= 15 is 0 Å². The number of aliphatic hydroxyl groups is 1. The molecule has 0 aliphatic heterocycles. The van der Waals surface area contributed by atoms with Crippen LogP contribution in [0.3, 0.4) is 0 Å². The molecule has 3 rings (SSSR count). The van der Waals surface area contributed by atoms with Crippen LogP contribution < -0.4 is 10.6 Å². The fourth-order valence-corrected chi connectivity index (χ4v) is 3.86. The number of hydrogen-bond acceptors (Lipinski definition) is 3. The van der Waals surface area contributed by atoms with Gasteiger partial charge in [0.15, 0.2) is 0 Å². The number of amides is 2. The van der Waals surface area contributed by atoms with E-state index in [9.17, 15) is 9.59 Å². The molecule has 24 heavy (non-hydrogen) atoms. The van der Waals surface area contributed by atoms with E-state index in [0.717, 1.165) is 5.69 Å². The lowest BCUT2D eigenvalue weighted by Gasteiger charge is -2.14. The van der Waals surface area contributed by atoms with E-state index < -0.39 is 0 Å². The van der Waals surface area contributed by atoms with E-state index in [1.165, 1.54) is 25.7 Å². The minimum Gasteiger partial charge on any atom is -0.394 e. The first kappa shape index (κ1) is 17.0.